The first-order chi connectivity index (χ1) is 22.4. The van der Waals surface area contributed by atoms with E-state index in [2.05, 4.69) is 10.6 Å². The fourth-order valence-electron chi connectivity index (χ4n) is 9.92. The maximum Gasteiger partial charge on any atom is 0.265 e. The van der Waals surface area contributed by atoms with Crippen LogP contribution in [0, 0.1) is 0 Å². The van der Waals surface area contributed by atoms with E-state index in [0.717, 1.165) is 32.4 Å². The number of hydrogen-bond acceptors (Lipinski definition) is 13. The summed E-state index contributed by atoms with van der Waals surface area (Å²) in [5, 5.41) is 44.2. The lowest BCUT2D eigenvalue weighted by molar-refractivity contribution is -0.169. The summed E-state index contributed by atoms with van der Waals surface area (Å²) >= 11 is 0. The van der Waals surface area contributed by atoms with Gasteiger partial charge in [-0.2, -0.15) is 0 Å². The minimum atomic E-state index is -1.87. The predicted molar refractivity (Wildman–Crippen MR) is 176 cm³/mol. The van der Waals surface area contributed by atoms with Gasteiger partial charge in [0, 0.05) is 25.5 Å². The molecule has 10 aliphatic heterocycles. The fraction of sp³-hybridized carbons (Fsp3) is 0.467. The van der Waals surface area contributed by atoms with E-state index in [9.17, 15) is 34.5 Å². The monoisotopic (exact) mass is 712 g/mol. The Hall–Kier alpha value is -2.80. The molecule has 5 N–H and O–H groups in total. The Labute approximate surface area is 283 Å². The number of benzene rings is 2. The molecule has 2 aromatic rings. The van der Waals surface area contributed by atoms with Gasteiger partial charge in [-0.25, -0.2) is 0 Å². The van der Waals surface area contributed by atoms with Gasteiger partial charge < -0.3 is 35.8 Å². The minimum Gasteiger partial charge on any atom is -0.392 e. The lowest BCUT2D eigenvalue weighted by atomic mass is 9.52. The minimum absolute atomic E-state index is 0.373. The van der Waals surface area contributed by atoms with E-state index in [-0.39, 0.29) is 5.91 Å². The lowest BCUT2D eigenvalue weighted by Gasteiger charge is -2.58. The van der Waals surface area contributed by atoms with Gasteiger partial charge in [0.2, 0.25) is 14.6 Å². The van der Waals surface area contributed by atoms with Gasteiger partial charge in [-0.15, -0.1) is 0 Å². The van der Waals surface area contributed by atoms with Crippen molar-refractivity contribution in [2.45, 2.75) is 61.8 Å². The number of anilines is 2. The fourth-order valence-corrected chi connectivity index (χ4v) is 17.1. The van der Waals surface area contributed by atoms with Crippen LogP contribution in [0.5, 0.6) is 0 Å². The van der Waals surface area contributed by atoms with E-state index < -0.39 is 79.2 Å². The van der Waals surface area contributed by atoms with Crippen molar-refractivity contribution in [1.29, 1.82) is 0 Å². The van der Waals surface area contributed by atoms with Crippen molar-refractivity contribution >= 4 is 78.2 Å². The average Bonchev–Trinajstić information content (AvgIpc) is 3.72. The molecule has 0 aliphatic carbocycles. The summed E-state index contributed by atoms with van der Waals surface area (Å²) in [5.74, 6) is -1.94. The van der Waals surface area contributed by atoms with Crippen molar-refractivity contribution in [2.75, 3.05) is 31.3 Å². The molecule has 2 spiro atoms. The highest BCUT2D eigenvalue weighted by atomic mass is 33.1. The molecule has 4 amide bonds. The van der Waals surface area contributed by atoms with Crippen molar-refractivity contribution in [3.05, 3.63) is 59.7 Å². The summed E-state index contributed by atoms with van der Waals surface area (Å²) < 4.78 is 0. The van der Waals surface area contributed by atoms with Gasteiger partial charge in [-0.3, -0.25) is 29.0 Å². The summed E-state index contributed by atoms with van der Waals surface area (Å²) in [6.45, 7) is 1.04. The molecule has 8 fully saturated rings. The van der Waals surface area contributed by atoms with Crippen LogP contribution in [0.2, 0.25) is 0 Å². The van der Waals surface area contributed by atoms with Gasteiger partial charge in [0.15, 0.2) is 4.87 Å². The molecule has 4 bridgehead atoms. The third-order valence-electron chi connectivity index (χ3n) is 12.1. The van der Waals surface area contributed by atoms with Crippen LogP contribution < -0.4 is 10.6 Å². The zero-order chi connectivity index (χ0) is 32.8. The van der Waals surface area contributed by atoms with Gasteiger partial charge >= 0.3 is 0 Å². The average molecular weight is 713 g/mol. The van der Waals surface area contributed by atoms with Crippen LogP contribution in [-0.2, 0) is 30.0 Å². The van der Waals surface area contributed by atoms with Gasteiger partial charge in [0.05, 0.1) is 17.4 Å². The molecule has 0 radical (unpaired) electrons. The van der Waals surface area contributed by atoms with E-state index in [1.54, 1.807) is 26.1 Å². The van der Waals surface area contributed by atoms with Gasteiger partial charge in [-0.1, -0.05) is 47.2 Å². The van der Waals surface area contributed by atoms with Crippen LogP contribution in [-0.4, -0.2) is 123 Å². The van der Waals surface area contributed by atoms with Crippen LogP contribution in [0.15, 0.2) is 48.5 Å². The van der Waals surface area contributed by atoms with E-state index in [0.29, 0.717) is 22.5 Å². The molecule has 244 valence electrons. The van der Waals surface area contributed by atoms with Crippen molar-refractivity contribution in [1.82, 2.24) is 19.6 Å². The molecule has 10 unspecified atom stereocenters. The van der Waals surface area contributed by atoms with Crippen molar-refractivity contribution in [3.63, 3.8) is 0 Å². The smallest absolute Gasteiger partial charge is 0.265 e. The lowest BCUT2D eigenvalue weighted by Crippen LogP contribution is -2.79. The molecule has 2 aromatic carbocycles. The first-order valence-corrected chi connectivity index (χ1v) is 19.4. The Morgan fingerprint density at radius 3 is 1.68 bits per heavy atom. The number of para-hydroxylation sites is 2. The number of aliphatic hydroxyl groups is 3. The van der Waals surface area contributed by atoms with E-state index in [1.807, 2.05) is 36.4 Å². The summed E-state index contributed by atoms with van der Waals surface area (Å²) in [4.78, 5) is 57.4. The molecule has 10 heterocycles. The van der Waals surface area contributed by atoms with Gasteiger partial charge in [0.1, 0.15) is 24.5 Å². The second kappa shape index (κ2) is 8.31. The quantitative estimate of drug-likeness (QED) is 0.271. The molecule has 10 atom stereocenters. The maximum atomic E-state index is 14.7. The number of amides is 4. The Bertz CT molecular complexity index is 1920. The van der Waals surface area contributed by atoms with E-state index >= 15 is 0 Å². The third-order valence-corrected chi connectivity index (χ3v) is 19.5. The number of piperazine rings is 2. The highest BCUT2D eigenvalue weighted by Gasteiger charge is 2.93. The number of aliphatic hydroxyl groups excluding tert-OH is 3. The molecule has 47 heavy (non-hydrogen) atoms. The highest BCUT2D eigenvalue weighted by molar-refractivity contribution is 8.78. The Morgan fingerprint density at radius 2 is 1.15 bits per heavy atom. The highest BCUT2D eigenvalue weighted by Crippen LogP contribution is 2.78. The number of nitrogens with zero attached hydrogens (tertiary/aromatic N) is 4. The summed E-state index contributed by atoms with van der Waals surface area (Å²) in [5.41, 5.74) is -1.12. The number of carbonyl (C=O) groups excluding carboxylic acids is 4. The van der Waals surface area contributed by atoms with Crippen LogP contribution >= 0.6 is 43.2 Å². The molecule has 0 saturated carbocycles. The molecule has 12 rings (SSSR count). The summed E-state index contributed by atoms with van der Waals surface area (Å²) in [7, 11) is 7.44. The zero-order valence-corrected chi connectivity index (χ0v) is 28.3. The number of fused-ring (bicyclic) bond motifs is 11. The molecule has 0 aromatic heterocycles. The Kier molecular flexibility index (Phi) is 5.15. The molecular weight excluding hydrogens is 685 g/mol. The molecular formula is C30H28N6O7S4. The van der Waals surface area contributed by atoms with Crippen LogP contribution in [0.1, 0.15) is 18.1 Å². The summed E-state index contributed by atoms with van der Waals surface area (Å²) in [6.07, 6.45) is -5.50. The van der Waals surface area contributed by atoms with Gasteiger partial charge in [-0.05, 0) is 62.6 Å². The number of hydrogen-bond donors (Lipinski definition) is 5. The van der Waals surface area contributed by atoms with Gasteiger partial charge in [0.25, 0.3) is 23.6 Å². The van der Waals surface area contributed by atoms with Crippen molar-refractivity contribution in [3.8, 4) is 0 Å². The second-order valence-corrected chi connectivity index (χ2v) is 18.8. The number of likely N-dealkylation sites (N-methyl/N-ethyl adjacent to an activating group) is 2. The second-order valence-electron chi connectivity index (χ2n) is 13.5. The predicted octanol–water partition coefficient (Wildman–Crippen LogP) is 0.303. The third kappa shape index (κ3) is 2.44. The van der Waals surface area contributed by atoms with E-state index in [4.69, 9.17) is 0 Å². The van der Waals surface area contributed by atoms with Crippen molar-refractivity contribution < 1.29 is 34.5 Å². The molecule has 17 heteroatoms. The van der Waals surface area contributed by atoms with Crippen LogP contribution in [0.4, 0.5) is 11.4 Å². The SMILES string of the molecule is CN1C(=O)C23SSC1(C)C(=O)N2C1Nc2ccccc2C1(C12c4ccccc4NC1N1C(=O)C4(CO)SSC1(C(=O)N4C)C2O)C3O. The Balaban J connectivity index is 1.35. The Morgan fingerprint density at radius 1 is 0.681 bits per heavy atom. The molecule has 13 nitrogen and oxygen atoms in total. The normalized spacial score (nSPS) is 46.3. The van der Waals surface area contributed by atoms with Crippen LogP contribution in [0.25, 0.3) is 0 Å². The first kappa shape index (κ1) is 29.1. The zero-order valence-electron chi connectivity index (χ0n) is 25.0. The van der Waals surface area contributed by atoms with Crippen molar-refractivity contribution in [2.24, 2.45) is 0 Å². The number of rotatable bonds is 2. The topological polar surface area (TPSA) is 166 Å². The standard InChI is InChI=1S/C30H28N6O7S4/c1-25-21(40)35-19-27(13-8-4-6-10-15(13)31-19,17(38)29(35,46-44-25)23(42)33(25)2)28-14-9-5-7-11-16(14)32-20(28)36-22(41)26(12-37)34(3)24(43)30(36,18(28)39)47-45-26/h4-11,17-20,31-32,37-39H,12H2,1-3H3. The maximum absolute atomic E-state index is 14.7. The summed E-state index contributed by atoms with van der Waals surface area (Å²) in [6, 6.07) is 14.5. The largest absolute Gasteiger partial charge is 0.392 e. The van der Waals surface area contributed by atoms with E-state index in [1.165, 1.54) is 37.4 Å². The number of nitrogens with one attached hydrogen (secondary N) is 2. The van der Waals surface area contributed by atoms with Crippen LogP contribution in [0.3, 0.4) is 0 Å². The molecule has 10 aliphatic rings. The molecule has 8 saturated heterocycles. The first-order valence-electron chi connectivity index (χ1n) is 15.1. The number of carbonyl (C=O) groups is 4.